The Morgan fingerprint density at radius 1 is 1.14 bits per heavy atom. The minimum atomic E-state index is 0.170. The SMILES string of the molecule is Cc1nc2nccc(-c3cc4ccc(C(=O)CCCCOC(C)C)cc4[nH]3)c2[nH]1. The van der Waals surface area contributed by atoms with Crippen LogP contribution in [0.3, 0.4) is 0 Å². The van der Waals surface area contributed by atoms with Crippen LogP contribution in [0.5, 0.6) is 0 Å². The first-order valence-electron chi connectivity index (χ1n) is 10.1. The normalized spacial score (nSPS) is 11.7. The predicted octanol–water partition coefficient (Wildman–Crippen LogP) is 5.19. The lowest BCUT2D eigenvalue weighted by molar-refractivity contribution is 0.0748. The number of rotatable bonds is 8. The second-order valence-electron chi connectivity index (χ2n) is 7.66. The van der Waals surface area contributed by atoms with Gasteiger partial charge in [0.25, 0.3) is 0 Å². The summed E-state index contributed by atoms with van der Waals surface area (Å²) in [7, 11) is 0. The number of carbonyl (C=O) groups is 1. The number of fused-ring (bicyclic) bond motifs is 2. The average molecular weight is 390 g/mol. The number of H-pyrrole nitrogens is 2. The number of unbranched alkanes of at least 4 members (excludes halogenated alkanes) is 1. The van der Waals surface area contributed by atoms with Crippen molar-refractivity contribution in [3.8, 4) is 11.3 Å². The summed E-state index contributed by atoms with van der Waals surface area (Å²) in [6.45, 7) is 6.67. The van der Waals surface area contributed by atoms with Crippen molar-refractivity contribution in [1.82, 2.24) is 19.9 Å². The molecule has 6 heteroatoms. The number of aromatic amines is 2. The minimum absolute atomic E-state index is 0.170. The number of hydrogen-bond acceptors (Lipinski definition) is 4. The summed E-state index contributed by atoms with van der Waals surface area (Å²) in [5, 5.41) is 1.07. The van der Waals surface area contributed by atoms with Crippen molar-refractivity contribution in [2.45, 2.75) is 46.1 Å². The van der Waals surface area contributed by atoms with Crippen LogP contribution in [0.25, 0.3) is 33.3 Å². The number of ketones is 1. The number of nitrogens with one attached hydrogen (secondary N) is 2. The molecule has 3 aromatic heterocycles. The standard InChI is InChI=1S/C23H26N4O2/c1-14(2)29-11-5-4-6-21(28)17-8-7-16-12-20(27-19(16)13-17)18-9-10-24-23-22(18)25-15(3)26-23/h7-10,12-14,27H,4-6,11H2,1-3H3,(H,24,25,26). The van der Waals surface area contributed by atoms with Gasteiger partial charge in [-0.2, -0.15) is 0 Å². The molecule has 0 aliphatic rings. The van der Waals surface area contributed by atoms with Gasteiger partial charge in [-0.15, -0.1) is 0 Å². The molecule has 0 aliphatic heterocycles. The Labute approximate surface area is 169 Å². The number of aryl methyl sites for hydroxylation is 1. The van der Waals surface area contributed by atoms with Gasteiger partial charge in [0.15, 0.2) is 11.4 Å². The Kier molecular flexibility index (Phi) is 5.45. The van der Waals surface area contributed by atoms with Gasteiger partial charge in [0.05, 0.1) is 11.6 Å². The highest BCUT2D eigenvalue weighted by atomic mass is 16.5. The van der Waals surface area contributed by atoms with E-state index in [4.69, 9.17) is 4.74 Å². The summed E-state index contributed by atoms with van der Waals surface area (Å²) >= 11 is 0. The average Bonchev–Trinajstić information content (AvgIpc) is 3.28. The minimum Gasteiger partial charge on any atom is -0.379 e. The van der Waals surface area contributed by atoms with Crippen molar-refractivity contribution in [3.05, 3.63) is 47.9 Å². The van der Waals surface area contributed by atoms with Crippen LogP contribution in [0.2, 0.25) is 0 Å². The number of benzene rings is 1. The second kappa shape index (κ2) is 8.17. The number of pyridine rings is 1. The van der Waals surface area contributed by atoms with Gasteiger partial charge in [0.2, 0.25) is 0 Å². The summed E-state index contributed by atoms with van der Waals surface area (Å²) in [5.41, 5.74) is 5.31. The van der Waals surface area contributed by atoms with Crippen molar-refractivity contribution < 1.29 is 9.53 Å². The van der Waals surface area contributed by atoms with Crippen LogP contribution >= 0.6 is 0 Å². The van der Waals surface area contributed by atoms with E-state index in [1.165, 1.54) is 0 Å². The van der Waals surface area contributed by atoms with E-state index in [0.717, 1.165) is 51.9 Å². The van der Waals surface area contributed by atoms with E-state index in [2.05, 4.69) is 26.0 Å². The lowest BCUT2D eigenvalue weighted by Gasteiger charge is -2.06. The Morgan fingerprint density at radius 2 is 2.00 bits per heavy atom. The molecule has 2 N–H and O–H groups in total. The van der Waals surface area contributed by atoms with Crippen LogP contribution < -0.4 is 0 Å². The van der Waals surface area contributed by atoms with Crippen LogP contribution in [-0.4, -0.2) is 38.4 Å². The van der Waals surface area contributed by atoms with Crippen LogP contribution in [0.4, 0.5) is 0 Å². The fourth-order valence-corrected chi connectivity index (χ4v) is 3.55. The van der Waals surface area contributed by atoms with E-state index in [1.54, 1.807) is 6.20 Å². The van der Waals surface area contributed by atoms with Gasteiger partial charge in [-0.3, -0.25) is 4.79 Å². The zero-order valence-corrected chi connectivity index (χ0v) is 17.1. The molecule has 0 saturated heterocycles. The van der Waals surface area contributed by atoms with Crippen molar-refractivity contribution >= 4 is 27.9 Å². The summed E-state index contributed by atoms with van der Waals surface area (Å²) in [6, 6.07) is 9.92. The molecule has 4 rings (SSSR count). The Hall–Kier alpha value is -2.99. The molecule has 0 radical (unpaired) electrons. The molecule has 0 amide bonds. The molecule has 0 saturated carbocycles. The predicted molar refractivity (Wildman–Crippen MR) is 115 cm³/mol. The summed E-state index contributed by atoms with van der Waals surface area (Å²) in [6.07, 6.45) is 4.29. The first kappa shape index (κ1) is 19.3. The molecule has 0 spiro atoms. The second-order valence-corrected chi connectivity index (χ2v) is 7.66. The van der Waals surface area contributed by atoms with Gasteiger partial charge in [0.1, 0.15) is 5.82 Å². The maximum absolute atomic E-state index is 12.6. The molecule has 6 nitrogen and oxygen atoms in total. The van der Waals surface area contributed by atoms with Crippen LogP contribution in [0, 0.1) is 6.92 Å². The number of nitrogens with zero attached hydrogens (tertiary/aromatic N) is 2. The van der Waals surface area contributed by atoms with E-state index in [-0.39, 0.29) is 11.9 Å². The molecule has 4 aromatic rings. The highest BCUT2D eigenvalue weighted by molar-refractivity contribution is 6.01. The third kappa shape index (κ3) is 4.22. The number of Topliss-reactive ketones (excluding diaryl/α,β-unsaturated/α-hetero) is 1. The molecular weight excluding hydrogens is 364 g/mol. The van der Waals surface area contributed by atoms with Crippen molar-refractivity contribution in [2.24, 2.45) is 0 Å². The largest absolute Gasteiger partial charge is 0.379 e. The first-order chi connectivity index (χ1) is 14.0. The van der Waals surface area contributed by atoms with Gasteiger partial charge in [0, 0.05) is 46.9 Å². The van der Waals surface area contributed by atoms with Crippen LogP contribution in [0.1, 0.15) is 49.3 Å². The Balaban J connectivity index is 1.52. The summed E-state index contributed by atoms with van der Waals surface area (Å²) < 4.78 is 5.54. The molecule has 0 fully saturated rings. The van der Waals surface area contributed by atoms with Gasteiger partial charge < -0.3 is 14.7 Å². The summed E-state index contributed by atoms with van der Waals surface area (Å²) in [5.74, 6) is 1.01. The molecule has 0 bridgehead atoms. The topological polar surface area (TPSA) is 83.7 Å². The van der Waals surface area contributed by atoms with E-state index < -0.39 is 0 Å². The maximum Gasteiger partial charge on any atom is 0.178 e. The molecule has 29 heavy (non-hydrogen) atoms. The molecule has 150 valence electrons. The zero-order chi connectivity index (χ0) is 20.4. The quantitative estimate of drug-likeness (QED) is 0.320. The maximum atomic E-state index is 12.6. The van der Waals surface area contributed by atoms with Crippen molar-refractivity contribution in [3.63, 3.8) is 0 Å². The lowest BCUT2D eigenvalue weighted by Crippen LogP contribution is -2.05. The van der Waals surface area contributed by atoms with Crippen molar-refractivity contribution in [2.75, 3.05) is 6.61 Å². The lowest BCUT2D eigenvalue weighted by atomic mass is 10.0. The van der Waals surface area contributed by atoms with E-state index in [9.17, 15) is 4.79 Å². The smallest absolute Gasteiger partial charge is 0.178 e. The number of ether oxygens (including phenoxy) is 1. The van der Waals surface area contributed by atoms with E-state index in [1.807, 2.05) is 45.0 Å². The highest BCUT2D eigenvalue weighted by Gasteiger charge is 2.12. The highest BCUT2D eigenvalue weighted by Crippen LogP contribution is 2.29. The molecule has 0 aliphatic carbocycles. The molecule has 0 unspecified atom stereocenters. The van der Waals surface area contributed by atoms with Crippen molar-refractivity contribution in [1.29, 1.82) is 0 Å². The molecular formula is C23H26N4O2. The first-order valence-corrected chi connectivity index (χ1v) is 10.1. The van der Waals surface area contributed by atoms with E-state index in [0.29, 0.717) is 18.7 Å². The van der Waals surface area contributed by atoms with Gasteiger partial charge in [-0.1, -0.05) is 12.1 Å². The molecule has 0 atom stereocenters. The number of hydrogen-bond donors (Lipinski definition) is 2. The third-order valence-electron chi connectivity index (χ3n) is 4.99. The van der Waals surface area contributed by atoms with Crippen LogP contribution in [-0.2, 0) is 4.74 Å². The summed E-state index contributed by atoms with van der Waals surface area (Å²) in [4.78, 5) is 28.0. The Bertz CT molecular complexity index is 1160. The fourth-order valence-electron chi connectivity index (χ4n) is 3.55. The number of imidazole rings is 1. The van der Waals surface area contributed by atoms with Gasteiger partial charge in [-0.25, -0.2) is 9.97 Å². The monoisotopic (exact) mass is 390 g/mol. The van der Waals surface area contributed by atoms with Gasteiger partial charge >= 0.3 is 0 Å². The number of aromatic nitrogens is 4. The third-order valence-corrected chi connectivity index (χ3v) is 4.99. The fraction of sp³-hybridized carbons (Fsp3) is 0.348. The number of carbonyl (C=O) groups excluding carboxylic acids is 1. The zero-order valence-electron chi connectivity index (χ0n) is 17.1. The molecule has 1 aromatic carbocycles. The van der Waals surface area contributed by atoms with E-state index >= 15 is 0 Å². The molecule has 3 heterocycles. The van der Waals surface area contributed by atoms with Gasteiger partial charge in [-0.05, 0) is 51.8 Å². The Morgan fingerprint density at radius 3 is 2.83 bits per heavy atom. The van der Waals surface area contributed by atoms with Crippen LogP contribution in [0.15, 0.2) is 36.5 Å².